The molecule has 4 nitrogen and oxygen atoms in total. The lowest BCUT2D eigenvalue weighted by Crippen LogP contribution is -2.27. The Hall–Kier alpha value is -1.58. The van der Waals surface area contributed by atoms with Crippen molar-refractivity contribution in [3.63, 3.8) is 0 Å². The lowest BCUT2D eigenvalue weighted by atomic mass is 10.0. The van der Waals surface area contributed by atoms with E-state index >= 15 is 0 Å². The van der Waals surface area contributed by atoms with Crippen LogP contribution < -0.4 is 11.2 Å². The molecule has 1 aliphatic carbocycles. The molecule has 1 heterocycles. The van der Waals surface area contributed by atoms with Gasteiger partial charge < -0.3 is 4.98 Å². The summed E-state index contributed by atoms with van der Waals surface area (Å²) >= 11 is 0. The molecule has 1 aliphatic rings. The summed E-state index contributed by atoms with van der Waals surface area (Å²) in [7, 11) is 0. The Morgan fingerprint density at radius 1 is 1.25 bits per heavy atom. The fourth-order valence-electron chi connectivity index (χ4n) is 1.35. The molecule has 0 spiro atoms. The third kappa shape index (κ3) is 1.01. The Bertz CT molecular complexity index is 439. The van der Waals surface area contributed by atoms with Crippen LogP contribution in [0.5, 0.6) is 0 Å². The molecule has 1 aromatic heterocycles. The minimum Gasteiger partial charge on any atom is -0.311 e. The maximum absolute atomic E-state index is 11.2. The van der Waals surface area contributed by atoms with Gasteiger partial charge in [0.15, 0.2) is 0 Å². The monoisotopic (exact) mass is 164 g/mol. The average Bonchev–Trinajstić information content (AvgIpc) is 2.04. The van der Waals surface area contributed by atoms with Crippen LogP contribution in [-0.2, 0) is 6.42 Å². The summed E-state index contributed by atoms with van der Waals surface area (Å²) < 4.78 is 0. The van der Waals surface area contributed by atoms with E-state index < -0.39 is 5.69 Å². The Morgan fingerprint density at radius 2 is 2.08 bits per heavy atom. The van der Waals surface area contributed by atoms with Gasteiger partial charge >= 0.3 is 5.69 Å². The number of fused-ring (bicyclic) bond motifs is 1. The van der Waals surface area contributed by atoms with Gasteiger partial charge in [0.25, 0.3) is 5.56 Å². The summed E-state index contributed by atoms with van der Waals surface area (Å²) in [5.41, 5.74) is 0.603. The van der Waals surface area contributed by atoms with E-state index in [0.29, 0.717) is 5.56 Å². The SMILES string of the molecule is O=c1[nH]c2c(c(=O)[nH]1)C=CCC2. The molecule has 0 amide bonds. The third-order valence-corrected chi connectivity index (χ3v) is 1.91. The normalized spacial score (nSPS) is 14.3. The summed E-state index contributed by atoms with van der Waals surface area (Å²) in [6.45, 7) is 0. The number of nitrogens with one attached hydrogen (secondary N) is 2. The first-order valence-corrected chi connectivity index (χ1v) is 3.79. The molecule has 0 saturated carbocycles. The predicted octanol–water partition coefficient (Wildman–Crippen LogP) is 0.0226. The van der Waals surface area contributed by atoms with Crippen molar-refractivity contribution < 1.29 is 0 Å². The van der Waals surface area contributed by atoms with Crippen LogP contribution in [0.4, 0.5) is 0 Å². The minimum absolute atomic E-state index is 0.301. The molecular formula is C8H8N2O2. The summed E-state index contributed by atoms with van der Waals surface area (Å²) in [5, 5.41) is 0. The fraction of sp³-hybridized carbons (Fsp3) is 0.250. The molecule has 4 heteroatoms. The fourth-order valence-corrected chi connectivity index (χ4v) is 1.35. The van der Waals surface area contributed by atoms with Crippen LogP contribution in [0.3, 0.4) is 0 Å². The van der Waals surface area contributed by atoms with Crippen molar-refractivity contribution >= 4 is 6.08 Å². The smallest absolute Gasteiger partial charge is 0.311 e. The van der Waals surface area contributed by atoms with E-state index in [9.17, 15) is 9.59 Å². The van der Waals surface area contributed by atoms with Crippen LogP contribution in [0, 0.1) is 0 Å². The van der Waals surface area contributed by atoms with Crippen LogP contribution in [0.25, 0.3) is 6.08 Å². The molecule has 0 atom stereocenters. The van der Waals surface area contributed by atoms with E-state index in [1.54, 1.807) is 6.08 Å². The second-order valence-electron chi connectivity index (χ2n) is 2.74. The highest BCUT2D eigenvalue weighted by Gasteiger charge is 2.08. The first kappa shape index (κ1) is 7.09. The van der Waals surface area contributed by atoms with E-state index in [2.05, 4.69) is 9.97 Å². The Labute approximate surface area is 68.0 Å². The molecule has 62 valence electrons. The van der Waals surface area contributed by atoms with E-state index in [-0.39, 0.29) is 5.56 Å². The quantitative estimate of drug-likeness (QED) is 0.567. The number of hydrogen-bond donors (Lipinski definition) is 2. The first-order valence-electron chi connectivity index (χ1n) is 3.79. The zero-order chi connectivity index (χ0) is 8.55. The van der Waals surface area contributed by atoms with Gasteiger partial charge in [-0.15, -0.1) is 0 Å². The van der Waals surface area contributed by atoms with Gasteiger partial charge in [0.1, 0.15) is 0 Å². The average molecular weight is 164 g/mol. The molecule has 0 unspecified atom stereocenters. The molecule has 0 aliphatic heterocycles. The van der Waals surface area contributed by atoms with Crippen molar-refractivity contribution in [2.75, 3.05) is 0 Å². The molecular weight excluding hydrogens is 156 g/mol. The number of aryl methyl sites for hydroxylation is 1. The zero-order valence-electron chi connectivity index (χ0n) is 6.39. The van der Waals surface area contributed by atoms with Crippen LogP contribution >= 0.6 is 0 Å². The molecule has 0 fully saturated rings. The predicted molar refractivity (Wildman–Crippen MR) is 45.0 cm³/mol. The highest BCUT2D eigenvalue weighted by Crippen LogP contribution is 2.10. The van der Waals surface area contributed by atoms with Gasteiger partial charge in [0, 0.05) is 5.69 Å². The summed E-state index contributed by atoms with van der Waals surface area (Å²) in [5.74, 6) is 0. The van der Waals surface area contributed by atoms with Gasteiger partial charge in [-0.05, 0) is 12.8 Å². The van der Waals surface area contributed by atoms with Crippen molar-refractivity contribution in [3.8, 4) is 0 Å². The molecule has 0 radical (unpaired) electrons. The van der Waals surface area contributed by atoms with Crippen LogP contribution in [0.2, 0.25) is 0 Å². The number of aromatic amines is 2. The van der Waals surface area contributed by atoms with Crippen molar-refractivity contribution in [1.29, 1.82) is 0 Å². The van der Waals surface area contributed by atoms with E-state index in [0.717, 1.165) is 18.5 Å². The maximum atomic E-state index is 11.2. The summed E-state index contributed by atoms with van der Waals surface area (Å²) in [6, 6.07) is 0. The van der Waals surface area contributed by atoms with E-state index in [1.807, 2.05) is 6.08 Å². The summed E-state index contributed by atoms with van der Waals surface area (Å²) in [4.78, 5) is 26.8. The molecule has 2 rings (SSSR count). The Morgan fingerprint density at radius 3 is 2.92 bits per heavy atom. The standard InChI is InChI=1S/C8H8N2O2/c11-7-5-3-1-2-4-6(5)9-8(12)10-7/h1,3H,2,4H2,(H2,9,10,11,12). The van der Waals surface area contributed by atoms with Crippen molar-refractivity contribution in [3.05, 3.63) is 38.2 Å². The van der Waals surface area contributed by atoms with Gasteiger partial charge in [0.2, 0.25) is 0 Å². The van der Waals surface area contributed by atoms with Gasteiger partial charge in [-0.1, -0.05) is 12.2 Å². The number of aromatic nitrogens is 2. The van der Waals surface area contributed by atoms with Crippen LogP contribution in [0.15, 0.2) is 15.7 Å². The maximum Gasteiger partial charge on any atom is 0.325 e. The number of allylic oxidation sites excluding steroid dienone is 1. The lowest BCUT2D eigenvalue weighted by Gasteiger charge is -2.06. The number of hydrogen-bond acceptors (Lipinski definition) is 2. The Balaban J connectivity index is 2.79. The Kier molecular flexibility index (Phi) is 1.46. The topological polar surface area (TPSA) is 65.7 Å². The highest BCUT2D eigenvalue weighted by atomic mass is 16.2. The lowest BCUT2D eigenvalue weighted by molar-refractivity contribution is 0.872. The third-order valence-electron chi connectivity index (χ3n) is 1.91. The largest absolute Gasteiger partial charge is 0.325 e. The number of H-pyrrole nitrogens is 2. The summed E-state index contributed by atoms with van der Waals surface area (Å²) in [6.07, 6.45) is 5.29. The van der Waals surface area contributed by atoms with Crippen molar-refractivity contribution in [2.24, 2.45) is 0 Å². The molecule has 0 aromatic carbocycles. The van der Waals surface area contributed by atoms with Crippen LogP contribution in [-0.4, -0.2) is 9.97 Å². The van der Waals surface area contributed by atoms with Crippen molar-refractivity contribution in [2.45, 2.75) is 12.8 Å². The second kappa shape index (κ2) is 2.48. The highest BCUT2D eigenvalue weighted by molar-refractivity contribution is 5.52. The van der Waals surface area contributed by atoms with Gasteiger partial charge in [-0.25, -0.2) is 4.79 Å². The first-order chi connectivity index (χ1) is 5.77. The van der Waals surface area contributed by atoms with E-state index in [1.165, 1.54) is 0 Å². The molecule has 0 saturated heterocycles. The van der Waals surface area contributed by atoms with Gasteiger partial charge in [-0.3, -0.25) is 9.78 Å². The molecule has 1 aromatic rings. The van der Waals surface area contributed by atoms with Gasteiger partial charge in [0.05, 0.1) is 5.56 Å². The molecule has 0 bridgehead atoms. The zero-order valence-corrected chi connectivity index (χ0v) is 6.39. The van der Waals surface area contributed by atoms with Crippen LogP contribution in [0.1, 0.15) is 17.7 Å². The minimum atomic E-state index is -0.422. The number of rotatable bonds is 0. The second-order valence-corrected chi connectivity index (χ2v) is 2.74. The molecule has 2 N–H and O–H groups in total. The van der Waals surface area contributed by atoms with E-state index in [4.69, 9.17) is 0 Å². The van der Waals surface area contributed by atoms with Crippen molar-refractivity contribution in [1.82, 2.24) is 9.97 Å². The molecule has 12 heavy (non-hydrogen) atoms. The van der Waals surface area contributed by atoms with Gasteiger partial charge in [-0.2, -0.15) is 0 Å².